The number of aromatic nitrogens is 3. The lowest BCUT2D eigenvalue weighted by Gasteiger charge is -2.33. The lowest BCUT2D eigenvalue weighted by molar-refractivity contribution is -0.184. The molecule has 31 heavy (non-hydrogen) atoms. The number of fused-ring (bicyclic) bond motifs is 3. The number of thiazole rings is 1. The maximum absolute atomic E-state index is 13.1. The van der Waals surface area contributed by atoms with Gasteiger partial charge >= 0.3 is 6.18 Å². The normalized spacial score (nSPS) is 18.7. The number of nitrogens with one attached hydrogen (secondary N) is 1. The Bertz CT molecular complexity index is 1110. The Morgan fingerprint density at radius 3 is 2.94 bits per heavy atom. The first kappa shape index (κ1) is 20.0. The maximum Gasteiger partial charge on any atom is 0.393 e. The van der Waals surface area contributed by atoms with Crippen molar-refractivity contribution in [3.8, 4) is 28.1 Å². The molecule has 6 nitrogen and oxygen atoms in total. The Balaban J connectivity index is 1.44. The summed E-state index contributed by atoms with van der Waals surface area (Å²) in [6.07, 6.45) is 0.204. The Labute approximate surface area is 180 Å². The molecule has 1 saturated heterocycles. The van der Waals surface area contributed by atoms with Crippen LogP contribution in [0.4, 0.5) is 13.2 Å². The van der Waals surface area contributed by atoms with Gasteiger partial charge in [0.05, 0.1) is 24.4 Å². The summed E-state index contributed by atoms with van der Waals surface area (Å²) in [5, 5.41) is 6.98. The van der Waals surface area contributed by atoms with E-state index in [0.717, 1.165) is 21.6 Å². The zero-order valence-corrected chi connectivity index (χ0v) is 17.2. The summed E-state index contributed by atoms with van der Waals surface area (Å²) in [7, 11) is 0. The van der Waals surface area contributed by atoms with Gasteiger partial charge in [-0.25, -0.2) is 4.98 Å². The highest BCUT2D eigenvalue weighted by Crippen LogP contribution is 2.40. The fraction of sp³-hybridized carbons (Fsp3) is 0.381. The molecule has 1 atom stereocenters. The third-order valence-corrected chi connectivity index (χ3v) is 6.81. The summed E-state index contributed by atoms with van der Waals surface area (Å²) in [5.74, 6) is -1.24. The van der Waals surface area contributed by atoms with Crippen LogP contribution in [0.3, 0.4) is 0 Å². The van der Waals surface area contributed by atoms with E-state index < -0.39 is 18.0 Å². The van der Waals surface area contributed by atoms with Gasteiger partial charge in [0.15, 0.2) is 5.01 Å². The first-order valence-electron chi connectivity index (χ1n) is 10.0. The summed E-state index contributed by atoms with van der Waals surface area (Å²) < 4.78 is 45.3. The van der Waals surface area contributed by atoms with Crippen LogP contribution >= 0.6 is 11.3 Å². The third kappa shape index (κ3) is 3.80. The minimum Gasteiger partial charge on any atom is -0.492 e. The zero-order valence-electron chi connectivity index (χ0n) is 16.4. The molecule has 1 fully saturated rings. The Morgan fingerprint density at radius 1 is 1.29 bits per heavy atom. The Kier molecular flexibility index (Phi) is 4.96. The lowest BCUT2D eigenvalue weighted by atomic mass is 9.97. The summed E-state index contributed by atoms with van der Waals surface area (Å²) in [6, 6.07) is 5.74. The van der Waals surface area contributed by atoms with E-state index in [0.29, 0.717) is 37.4 Å². The van der Waals surface area contributed by atoms with Crippen LogP contribution in [0.1, 0.15) is 27.5 Å². The second-order valence-corrected chi connectivity index (χ2v) is 8.80. The number of ether oxygens (including phenoxy) is 1. The minimum absolute atomic E-state index is 0.0609. The molecule has 5 rings (SSSR count). The summed E-state index contributed by atoms with van der Waals surface area (Å²) in [6.45, 7) is 0.453. The lowest BCUT2D eigenvalue weighted by Crippen LogP contribution is -2.44. The number of halogens is 3. The van der Waals surface area contributed by atoms with Gasteiger partial charge in [-0.1, -0.05) is 6.07 Å². The van der Waals surface area contributed by atoms with Crippen molar-refractivity contribution in [3.63, 3.8) is 0 Å². The van der Waals surface area contributed by atoms with Crippen LogP contribution in [0, 0.1) is 5.92 Å². The van der Waals surface area contributed by atoms with E-state index in [4.69, 9.17) is 4.74 Å². The van der Waals surface area contributed by atoms with Gasteiger partial charge in [0.25, 0.3) is 5.91 Å². The van der Waals surface area contributed by atoms with Crippen LogP contribution in [0.25, 0.3) is 22.4 Å². The number of piperidine rings is 1. The number of likely N-dealkylation sites (tertiary alicyclic amines) is 1. The van der Waals surface area contributed by atoms with Gasteiger partial charge in [0.2, 0.25) is 0 Å². The van der Waals surface area contributed by atoms with Crippen molar-refractivity contribution < 1.29 is 22.7 Å². The highest BCUT2D eigenvalue weighted by molar-refractivity contribution is 7.14. The number of alkyl halides is 3. The first-order valence-corrected chi connectivity index (χ1v) is 10.8. The smallest absolute Gasteiger partial charge is 0.393 e. The molecule has 10 heteroatoms. The zero-order chi connectivity index (χ0) is 21.6. The van der Waals surface area contributed by atoms with Crippen LogP contribution in [-0.2, 0) is 6.42 Å². The van der Waals surface area contributed by atoms with E-state index in [2.05, 4.69) is 15.2 Å². The van der Waals surface area contributed by atoms with Gasteiger partial charge in [0.1, 0.15) is 5.75 Å². The largest absolute Gasteiger partial charge is 0.492 e. The number of hydrogen-bond donors (Lipinski definition) is 1. The number of rotatable bonds is 2. The molecule has 0 radical (unpaired) electrons. The predicted molar refractivity (Wildman–Crippen MR) is 109 cm³/mol. The molecule has 4 heterocycles. The third-order valence-electron chi connectivity index (χ3n) is 5.71. The number of amides is 1. The molecule has 0 bridgehead atoms. The van der Waals surface area contributed by atoms with Crippen LogP contribution in [0.2, 0.25) is 0 Å². The van der Waals surface area contributed by atoms with Gasteiger partial charge in [-0.05, 0) is 30.5 Å². The van der Waals surface area contributed by atoms with E-state index in [1.165, 1.54) is 16.2 Å². The molecule has 0 aliphatic carbocycles. The van der Waals surface area contributed by atoms with Crippen LogP contribution in [0.15, 0.2) is 30.6 Å². The van der Waals surface area contributed by atoms with Crippen LogP contribution < -0.4 is 4.74 Å². The van der Waals surface area contributed by atoms with E-state index >= 15 is 0 Å². The quantitative estimate of drug-likeness (QED) is 0.625. The van der Waals surface area contributed by atoms with E-state index in [9.17, 15) is 18.0 Å². The molecule has 2 aromatic heterocycles. The maximum atomic E-state index is 13.1. The fourth-order valence-corrected chi connectivity index (χ4v) is 5.09. The standard InChI is InChI=1S/C21H19F3N4O2S/c22-21(23,24)14-2-1-6-28(11-14)20(29)19-27-18-15-4-3-12(13-9-25-26-10-13)8-16(15)30-7-5-17(18)31-19/h3-4,8-10,14H,1-2,5-7,11H2,(H,25,26)/t14-/m1/s1. The highest BCUT2D eigenvalue weighted by Gasteiger charge is 2.43. The average Bonchev–Trinajstić information content (AvgIpc) is 3.40. The Hall–Kier alpha value is -2.88. The van der Waals surface area contributed by atoms with E-state index in [-0.39, 0.29) is 18.0 Å². The summed E-state index contributed by atoms with van der Waals surface area (Å²) in [5.41, 5.74) is 3.31. The van der Waals surface area contributed by atoms with Gasteiger partial charge in [-0.2, -0.15) is 18.3 Å². The molecular formula is C21H19F3N4O2S. The molecule has 0 saturated carbocycles. The monoisotopic (exact) mass is 448 g/mol. The fourth-order valence-electron chi connectivity index (χ4n) is 4.07. The average molecular weight is 448 g/mol. The molecule has 1 aromatic carbocycles. The van der Waals surface area contributed by atoms with Crippen molar-refractivity contribution >= 4 is 17.2 Å². The number of carbonyl (C=O) groups is 1. The van der Waals surface area contributed by atoms with Crippen molar-refractivity contribution in [3.05, 3.63) is 40.5 Å². The number of benzene rings is 1. The topological polar surface area (TPSA) is 71.1 Å². The van der Waals surface area contributed by atoms with Crippen molar-refractivity contribution in [2.45, 2.75) is 25.4 Å². The van der Waals surface area contributed by atoms with Gasteiger partial charge < -0.3 is 9.64 Å². The minimum atomic E-state index is -4.29. The summed E-state index contributed by atoms with van der Waals surface area (Å²) in [4.78, 5) is 19.7. The Morgan fingerprint density at radius 2 is 2.16 bits per heavy atom. The molecule has 0 spiro atoms. The number of carbonyl (C=O) groups excluding carboxylic acids is 1. The SMILES string of the molecule is O=C(c1nc2c(s1)CCOc1cc(-c3cn[nH]c3)ccc1-2)N1CCC[C@@H](C(F)(F)F)C1. The molecule has 1 amide bonds. The highest BCUT2D eigenvalue weighted by atomic mass is 32.1. The summed E-state index contributed by atoms with van der Waals surface area (Å²) >= 11 is 1.25. The number of H-pyrrole nitrogens is 1. The molecule has 3 aromatic rings. The number of nitrogens with zero attached hydrogens (tertiary/aromatic N) is 3. The molecule has 1 N–H and O–H groups in total. The van der Waals surface area contributed by atoms with Gasteiger partial charge in [-0.15, -0.1) is 11.3 Å². The van der Waals surface area contributed by atoms with Gasteiger partial charge in [-0.3, -0.25) is 9.89 Å². The second kappa shape index (κ2) is 7.67. The van der Waals surface area contributed by atoms with E-state index in [1.807, 2.05) is 18.2 Å². The molecule has 2 aliphatic heterocycles. The van der Waals surface area contributed by atoms with Crippen molar-refractivity contribution in [2.75, 3.05) is 19.7 Å². The van der Waals surface area contributed by atoms with Gasteiger partial charge in [0, 0.05) is 41.7 Å². The molecule has 162 valence electrons. The van der Waals surface area contributed by atoms with Crippen molar-refractivity contribution in [1.82, 2.24) is 20.1 Å². The molecular weight excluding hydrogens is 429 g/mol. The number of aromatic amines is 1. The van der Waals surface area contributed by atoms with Crippen molar-refractivity contribution in [2.24, 2.45) is 5.92 Å². The molecule has 0 unspecified atom stereocenters. The number of hydrogen-bond acceptors (Lipinski definition) is 5. The second-order valence-electron chi connectivity index (χ2n) is 7.72. The van der Waals surface area contributed by atoms with Crippen LogP contribution in [-0.4, -0.2) is 51.9 Å². The first-order chi connectivity index (χ1) is 14.9. The molecule has 2 aliphatic rings. The van der Waals surface area contributed by atoms with Crippen LogP contribution in [0.5, 0.6) is 5.75 Å². The van der Waals surface area contributed by atoms with E-state index in [1.54, 1.807) is 12.4 Å². The predicted octanol–water partition coefficient (Wildman–Crippen LogP) is 4.55. The van der Waals surface area contributed by atoms with Crippen molar-refractivity contribution in [1.29, 1.82) is 0 Å².